The maximum atomic E-state index is 5.13. The Morgan fingerprint density at radius 3 is 2.90 bits per heavy atom. The Morgan fingerprint density at radius 1 is 1.80 bits per heavy atom. The molecule has 1 aliphatic heterocycles. The summed E-state index contributed by atoms with van der Waals surface area (Å²) in [6.45, 7) is 2.85. The van der Waals surface area contributed by atoms with Crippen molar-refractivity contribution in [2.24, 2.45) is 7.05 Å². The lowest BCUT2D eigenvalue weighted by Crippen LogP contribution is -1.96. The van der Waals surface area contributed by atoms with Gasteiger partial charge in [-0.05, 0) is 13.0 Å². The largest absolute Gasteiger partial charge is 0.366 e. The molecule has 2 heterocycles. The standard InChI is InChI=1S/C7H10N2O/c1-5-3-6(7-4-10-7)9(2)8-5/h3,7H,4H2,1-2H3/t7-/m0/s1. The molecule has 1 atom stereocenters. The Bertz CT molecular complexity index is 250. The highest BCUT2D eigenvalue weighted by molar-refractivity contribution is 5.14. The minimum Gasteiger partial charge on any atom is -0.366 e. The summed E-state index contributed by atoms with van der Waals surface area (Å²) in [6.07, 6.45) is 0.325. The lowest BCUT2D eigenvalue weighted by Gasteiger charge is -1.92. The maximum absolute atomic E-state index is 5.13. The highest BCUT2D eigenvalue weighted by Crippen LogP contribution is 2.29. The van der Waals surface area contributed by atoms with E-state index in [0.717, 1.165) is 12.3 Å². The van der Waals surface area contributed by atoms with E-state index in [1.807, 2.05) is 18.7 Å². The Labute approximate surface area is 59.6 Å². The van der Waals surface area contributed by atoms with Crippen LogP contribution in [0.3, 0.4) is 0 Å². The Morgan fingerprint density at radius 2 is 2.50 bits per heavy atom. The number of epoxide rings is 1. The van der Waals surface area contributed by atoms with Crippen LogP contribution in [-0.2, 0) is 11.8 Å². The number of aryl methyl sites for hydroxylation is 2. The monoisotopic (exact) mass is 138 g/mol. The van der Waals surface area contributed by atoms with E-state index in [1.54, 1.807) is 0 Å². The fourth-order valence-corrected chi connectivity index (χ4v) is 1.15. The van der Waals surface area contributed by atoms with E-state index in [0.29, 0.717) is 6.10 Å². The summed E-state index contributed by atoms with van der Waals surface area (Å²) in [5.74, 6) is 0. The molecule has 0 amide bonds. The predicted octanol–water partition coefficient (Wildman–Crippen LogP) is 0.800. The van der Waals surface area contributed by atoms with Gasteiger partial charge < -0.3 is 4.74 Å². The van der Waals surface area contributed by atoms with Crippen LogP contribution < -0.4 is 0 Å². The summed E-state index contributed by atoms with van der Waals surface area (Å²) >= 11 is 0. The van der Waals surface area contributed by atoms with Gasteiger partial charge in [0.15, 0.2) is 0 Å². The minimum atomic E-state index is 0.325. The van der Waals surface area contributed by atoms with Gasteiger partial charge in [-0.3, -0.25) is 4.68 Å². The number of nitrogens with zero attached hydrogens (tertiary/aromatic N) is 2. The zero-order chi connectivity index (χ0) is 7.14. The third-order valence-electron chi connectivity index (χ3n) is 1.70. The van der Waals surface area contributed by atoms with Gasteiger partial charge in [-0.2, -0.15) is 5.10 Å². The normalized spacial score (nSPS) is 23.2. The third-order valence-corrected chi connectivity index (χ3v) is 1.70. The topological polar surface area (TPSA) is 30.4 Å². The lowest BCUT2D eigenvalue weighted by molar-refractivity contribution is 0.404. The molecule has 1 fully saturated rings. The molecule has 1 saturated heterocycles. The van der Waals surface area contributed by atoms with Crippen molar-refractivity contribution in [3.8, 4) is 0 Å². The maximum Gasteiger partial charge on any atom is 0.122 e. The first kappa shape index (κ1) is 5.92. The van der Waals surface area contributed by atoms with E-state index in [-0.39, 0.29) is 0 Å². The second-order valence-electron chi connectivity index (χ2n) is 2.66. The molecule has 54 valence electrons. The quantitative estimate of drug-likeness (QED) is 0.537. The summed E-state index contributed by atoms with van der Waals surface area (Å²) < 4.78 is 7.01. The number of aromatic nitrogens is 2. The third kappa shape index (κ3) is 0.827. The van der Waals surface area contributed by atoms with Crippen molar-refractivity contribution in [2.45, 2.75) is 13.0 Å². The van der Waals surface area contributed by atoms with E-state index in [9.17, 15) is 0 Å². The van der Waals surface area contributed by atoms with Crippen molar-refractivity contribution in [3.05, 3.63) is 17.5 Å². The smallest absolute Gasteiger partial charge is 0.122 e. The van der Waals surface area contributed by atoms with Crippen LogP contribution in [0.25, 0.3) is 0 Å². The van der Waals surface area contributed by atoms with Crippen molar-refractivity contribution >= 4 is 0 Å². The van der Waals surface area contributed by atoms with Crippen LogP contribution in [-0.4, -0.2) is 16.4 Å². The van der Waals surface area contributed by atoms with Gasteiger partial charge in [0.05, 0.1) is 18.0 Å². The number of hydrogen-bond acceptors (Lipinski definition) is 2. The molecular weight excluding hydrogens is 128 g/mol. The summed E-state index contributed by atoms with van der Waals surface area (Å²) in [4.78, 5) is 0. The van der Waals surface area contributed by atoms with Crippen LogP contribution in [0.1, 0.15) is 17.5 Å². The van der Waals surface area contributed by atoms with Gasteiger partial charge in [-0.1, -0.05) is 0 Å². The molecule has 3 nitrogen and oxygen atoms in total. The van der Waals surface area contributed by atoms with E-state index >= 15 is 0 Å². The zero-order valence-corrected chi connectivity index (χ0v) is 6.16. The second-order valence-corrected chi connectivity index (χ2v) is 2.66. The molecule has 0 aromatic carbocycles. The Kier molecular flexibility index (Phi) is 1.08. The molecule has 0 bridgehead atoms. The van der Waals surface area contributed by atoms with E-state index in [2.05, 4.69) is 11.2 Å². The summed E-state index contributed by atoms with van der Waals surface area (Å²) in [6, 6.07) is 2.07. The van der Waals surface area contributed by atoms with E-state index in [1.165, 1.54) is 5.69 Å². The first-order valence-corrected chi connectivity index (χ1v) is 3.39. The van der Waals surface area contributed by atoms with Gasteiger partial charge in [0, 0.05) is 7.05 Å². The number of hydrogen-bond donors (Lipinski definition) is 0. The molecule has 0 spiro atoms. The fraction of sp³-hybridized carbons (Fsp3) is 0.571. The summed E-state index contributed by atoms with van der Waals surface area (Å²) in [7, 11) is 1.95. The molecule has 0 unspecified atom stereocenters. The van der Waals surface area contributed by atoms with Gasteiger partial charge in [0.1, 0.15) is 6.10 Å². The molecule has 1 aromatic heterocycles. The average molecular weight is 138 g/mol. The summed E-state index contributed by atoms with van der Waals surface area (Å²) in [5, 5.41) is 4.21. The van der Waals surface area contributed by atoms with E-state index < -0.39 is 0 Å². The van der Waals surface area contributed by atoms with Crippen LogP contribution in [0.5, 0.6) is 0 Å². The van der Waals surface area contributed by atoms with Gasteiger partial charge >= 0.3 is 0 Å². The number of rotatable bonds is 1. The number of ether oxygens (including phenoxy) is 1. The predicted molar refractivity (Wildman–Crippen MR) is 36.6 cm³/mol. The SMILES string of the molecule is Cc1cc([C@@H]2CO2)n(C)n1. The molecule has 0 saturated carbocycles. The van der Waals surface area contributed by atoms with Crippen molar-refractivity contribution < 1.29 is 4.74 Å². The molecule has 3 heteroatoms. The van der Waals surface area contributed by atoms with Crippen molar-refractivity contribution in [1.82, 2.24) is 9.78 Å². The highest BCUT2D eigenvalue weighted by atomic mass is 16.6. The van der Waals surface area contributed by atoms with Gasteiger partial charge in [-0.15, -0.1) is 0 Å². The van der Waals surface area contributed by atoms with Gasteiger partial charge in [0.25, 0.3) is 0 Å². The van der Waals surface area contributed by atoms with Crippen LogP contribution >= 0.6 is 0 Å². The van der Waals surface area contributed by atoms with Crippen molar-refractivity contribution in [1.29, 1.82) is 0 Å². The molecule has 2 rings (SSSR count). The van der Waals surface area contributed by atoms with Crippen LogP contribution in [0, 0.1) is 6.92 Å². The summed E-state index contributed by atoms with van der Waals surface area (Å²) in [5.41, 5.74) is 2.26. The van der Waals surface area contributed by atoms with Gasteiger partial charge in [-0.25, -0.2) is 0 Å². The van der Waals surface area contributed by atoms with Crippen LogP contribution in [0.15, 0.2) is 6.07 Å². The Hall–Kier alpha value is -0.830. The van der Waals surface area contributed by atoms with E-state index in [4.69, 9.17) is 4.74 Å². The van der Waals surface area contributed by atoms with Gasteiger partial charge in [0.2, 0.25) is 0 Å². The molecule has 0 radical (unpaired) electrons. The fourth-order valence-electron chi connectivity index (χ4n) is 1.15. The Balaban J connectivity index is 2.38. The molecular formula is C7H10N2O. The first-order chi connectivity index (χ1) is 4.77. The second kappa shape index (κ2) is 1.83. The molecule has 0 N–H and O–H groups in total. The molecule has 10 heavy (non-hydrogen) atoms. The minimum absolute atomic E-state index is 0.325. The molecule has 1 aliphatic rings. The van der Waals surface area contributed by atoms with Crippen LogP contribution in [0.2, 0.25) is 0 Å². The van der Waals surface area contributed by atoms with Crippen LogP contribution in [0.4, 0.5) is 0 Å². The van der Waals surface area contributed by atoms with Crippen molar-refractivity contribution in [3.63, 3.8) is 0 Å². The van der Waals surface area contributed by atoms with Crippen molar-refractivity contribution in [2.75, 3.05) is 6.61 Å². The molecule has 1 aromatic rings. The zero-order valence-electron chi connectivity index (χ0n) is 6.16. The average Bonchev–Trinajstić information content (AvgIpc) is 2.61. The molecule has 0 aliphatic carbocycles. The highest BCUT2D eigenvalue weighted by Gasteiger charge is 2.27. The first-order valence-electron chi connectivity index (χ1n) is 3.39. The lowest BCUT2D eigenvalue weighted by atomic mass is 10.3.